The molecule has 0 saturated carbocycles. The molecule has 2 heterocycles. The Bertz CT molecular complexity index is 720. The fourth-order valence-corrected chi connectivity index (χ4v) is 4.20. The monoisotopic (exact) mass is 372 g/mol. The summed E-state index contributed by atoms with van der Waals surface area (Å²) >= 11 is 1.71. The van der Waals surface area contributed by atoms with Gasteiger partial charge in [0, 0.05) is 36.2 Å². The van der Waals surface area contributed by atoms with Crippen LogP contribution in [0.25, 0.3) is 0 Å². The number of hydrogen-bond donors (Lipinski definition) is 2. The molecule has 0 bridgehead atoms. The number of carbonyl (C=O) groups excluding carboxylic acids is 1. The van der Waals surface area contributed by atoms with Crippen molar-refractivity contribution in [1.29, 1.82) is 0 Å². The zero-order chi connectivity index (χ0) is 18.6. The number of nitrogens with one attached hydrogen (secondary N) is 2. The van der Waals surface area contributed by atoms with E-state index in [0.29, 0.717) is 0 Å². The van der Waals surface area contributed by atoms with Gasteiger partial charge in [0.2, 0.25) is 5.91 Å². The number of rotatable bonds is 6. The van der Waals surface area contributed by atoms with Crippen LogP contribution in [0.2, 0.25) is 0 Å². The molecule has 1 aromatic heterocycles. The highest BCUT2D eigenvalue weighted by atomic mass is 32.1. The molecule has 0 spiro atoms. The summed E-state index contributed by atoms with van der Waals surface area (Å²) in [6, 6.07) is 10.2. The molecule has 26 heavy (non-hydrogen) atoms. The van der Waals surface area contributed by atoms with E-state index in [0.717, 1.165) is 43.9 Å². The highest BCUT2D eigenvalue weighted by molar-refractivity contribution is 7.09. The molecule has 5 nitrogen and oxygen atoms in total. The lowest BCUT2D eigenvalue weighted by atomic mass is 9.85. The van der Waals surface area contributed by atoms with Crippen LogP contribution in [0.4, 0.5) is 5.69 Å². The number of para-hydroxylation sites is 1. The van der Waals surface area contributed by atoms with Crippen LogP contribution in [0.1, 0.15) is 37.3 Å². The molecule has 2 aromatic rings. The Kier molecular flexibility index (Phi) is 5.94. The van der Waals surface area contributed by atoms with Crippen molar-refractivity contribution in [3.8, 4) is 0 Å². The van der Waals surface area contributed by atoms with Gasteiger partial charge in [0.15, 0.2) is 0 Å². The van der Waals surface area contributed by atoms with Gasteiger partial charge in [-0.2, -0.15) is 0 Å². The van der Waals surface area contributed by atoms with Crippen molar-refractivity contribution in [2.24, 2.45) is 0 Å². The Labute approximate surface area is 159 Å². The minimum Gasteiger partial charge on any atom is -0.371 e. The van der Waals surface area contributed by atoms with E-state index in [4.69, 9.17) is 0 Å². The van der Waals surface area contributed by atoms with Crippen LogP contribution in [0.5, 0.6) is 0 Å². The van der Waals surface area contributed by atoms with E-state index < -0.39 is 5.54 Å². The fourth-order valence-electron chi connectivity index (χ4n) is 3.38. The van der Waals surface area contributed by atoms with Crippen LogP contribution >= 0.6 is 11.3 Å². The Hall–Kier alpha value is -1.92. The first-order valence-electron chi connectivity index (χ1n) is 9.24. The average Bonchev–Trinajstić information content (AvgIpc) is 3.02. The van der Waals surface area contributed by atoms with Crippen LogP contribution < -0.4 is 10.6 Å². The second kappa shape index (κ2) is 8.18. The number of anilines is 1. The zero-order valence-corrected chi connectivity index (χ0v) is 16.6. The van der Waals surface area contributed by atoms with Crippen LogP contribution in [0.3, 0.4) is 0 Å². The highest BCUT2D eigenvalue weighted by Gasteiger charge is 2.41. The lowest BCUT2D eigenvalue weighted by Crippen LogP contribution is -2.59. The van der Waals surface area contributed by atoms with Gasteiger partial charge in [-0.15, -0.1) is 11.3 Å². The third-order valence-corrected chi connectivity index (χ3v) is 5.85. The minimum atomic E-state index is -0.551. The van der Waals surface area contributed by atoms with E-state index in [-0.39, 0.29) is 11.9 Å². The van der Waals surface area contributed by atoms with Crippen molar-refractivity contribution in [1.82, 2.24) is 15.2 Å². The van der Waals surface area contributed by atoms with Crippen LogP contribution in [-0.4, -0.2) is 40.5 Å². The van der Waals surface area contributed by atoms with Gasteiger partial charge in [-0.3, -0.25) is 9.69 Å². The minimum absolute atomic E-state index is 0.102. The number of benzene rings is 1. The van der Waals surface area contributed by atoms with E-state index in [1.54, 1.807) is 11.3 Å². The fraction of sp³-hybridized carbons (Fsp3) is 0.500. The molecule has 1 amide bonds. The zero-order valence-electron chi connectivity index (χ0n) is 15.8. The standard InChI is InChI=1S/C20H28N4OS/c1-15(2)22-19(25)20(23-17-7-5-4-6-8-17)9-11-24(12-10-20)13-18-16(3)21-14-26-18/h4-8,14-15,23H,9-13H2,1-3H3,(H,22,25). The number of aryl methyl sites for hydroxylation is 1. The molecular weight excluding hydrogens is 344 g/mol. The number of nitrogens with zero attached hydrogens (tertiary/aromatic N) is 2. The summed E-state index contributed by atoms with van der Waals surface area (Å²) in [5.41, 5.74) is 3.47. The lowest BCUT2D eigenvalue weighted by molar-refractivity contribution is -0.127. The molecule has 2 N–H and O–H groups in total. The number of amides is 1. The largest absolute Gasteiger partial charge is 0.371 e. The molecule has 1 aromatic carbocycles. The van der Waals surface area contributed by atoms with Gasteiger partial charge >= 0.3 is 0 Å². The van der Waals surface area contributed by atoms with Crippen molar-refractivity contribution in [3.63, 3.8) is 0 Å². The SMILES string of the molecule is Cc1ncsc1CN1CCC(Nc2ccccc2)(C(=O)NC(C)C)CC1. The van der Waals surface area contributed by atoms with Crippen molar-refractivity contribution in [2.45, 2.75) is 51.7 Å². The van der Waals surface area contributed by atoms with Crippen molar-refractivity contribution in [3.05, 3.63) is 46.4 Å². The first-order valence-corrected chi connectivity index (χ1v) is 10.1. The number of aromatic nitrogens is 1. The molecule has 1 saturated heterocycles. The molecule has 140 valence electrons. The number of hydrogen-bond acceptors (Lipinski definition) is 5. The predicted molar refractivity (Wildman–Crippen MR) is 107 cm³/mol. The first kappa shape index (κ1) is 18.9. The van der Waals surface area contributed by atoms with Crippen molar-refractivity contribution >= 4 is 22.9 Å². The number of piperidine rings is 1. The molecule has 0 radical (unpaired) electrons. The van der Waals surface area contributed by atoms with Gasteiger partial charge < -0.3 is 10.6 Å². The van der Waals surface area contributed by atoms with Gasteiger partial charge in [0.1, 0.15) is 5.54 Å². The number of likely N-dealkylation sites (tertiary alicyclic amines) is 1. The molecule has 3 rings (SSSR count). The highest BCUT2D eigenvalue weighted by Crippen LogP contribution is 2.29. The van der Waals surface area contributed by atoms with Crippen LogP contribution in [0, 0.1) is 6.92 Å². The first-order chi connectivity index (χ1) is 12.5. The second-order valence-corrected chi connectivity index (χ2v) is 8.28. The van der Waals surface area contributed by atoms with Crippen molar-refractivity contribution in [2.75, 3.05) is 18.4 Å². The maximum Gasteiger partial charge on any atom is 0.245 e. The van der Waals surface area contributed by atoms with E-state index in [2.05, 4.69) is 27.4 Å². The predicted octanol–water partition coefficient (Wildman–Crippen LogP) is 3.42. The lowest BCUT2D eigenvalue weighted by Gasteiger charge is -2.42. The maximum absolute atomic E-state index is 13.0. The third-order valence-electron chi connectivity index (χ3n) is 4.93. The summed E-state index contributed by atoms with van der Waals surface area (Å²) in [4.78, 5) is 21.1. The van der Waals surface area contributed by atoms with Crippen LogP contribution in [-0.2, 0) is 11.3 Å². The summed E-state index contributed by atoms with van der Waals surface area (Å²) in [5, 5.41) is 6.66. The summed E-state index contributed by atoms with van der Waals surface area (Å²) in [5.74, 6) is 0.102. The number of thiazole rings is 1. The summed E-state index contributed by atoms with van der Waals surface area (Å²) in [7, 11) is 0. The molecule has 0 atom stereocenters. The Morgan fingerprint density at radius 1 is 1.27 bits per heavy atom. The topological polar surface area (TPSA) is 57.3 Å². The second-order valence-electron chi connectivity index (χ2n) is 7.34. The smallest absolute Gasteiger partial charge is 0.245 e. The normalized spacial score (nSPS) is 17.2. The van der Waals surface area contributed by atoms with Crippen molar-refractivity contribution < 1.29 is 4.79 Å². The van der Waals surface area contributed by atoms with E-state index in [1.165, 1.54) is 4.88 Å². The quantitative estimate of drug-likeness (QED) is 0.816. The maximum atomic E-state index is 13.0. The molecule has 0 unspecified atom stereocenters. The summed E-state index contributed by atoms with van der Waals surface area (Å²) < 4.78 is 0. The molecule has 1 fully saturated rings. The van der Waals surface area contributed by atoms with Gasteiger partial charge in [0.25, 0.3) is 0 Å². The third kappa shape index (κ3) is 4.43. The van der Waals surface area contributed by atoms with E-state index in [9.17, 15) is 4.79 Å². The van der Waals surface area contributed by atoms with E-state index >= 15 is 0 Å². The summed E-state index contributed by atoms with van der Waals surface area (Å²) in [6.07, 6.45) is 1.58. The van der Waals surface area contributed by atoms with Gasteiger partial charge in [0.05, 0.1) is 11.2 Å². The Balaban J connectivity index is 1.71. The van der Waals surface area contributed by atoms with Gasteiger partial charge in [-0.05, 0) is 45.7 Å². The molecular formula is C20H28N4OS. The Morgan fingerprint density at radius 3 is 2.54 bits per heavy atom. The molecule has 1 aliphatic heterocycles. The summed E-state index contributed by atoms with van der Waals surface area (Å²) in [6.45, 7) is 8.79. The number of carbonyl (C=O) groups is 1. The average molecular weight is 373 g/mol. The van der Waals surface area contributed by atoms with Crippen LogP contribution in [0.15, 0.2) is 35.8 Å². The molecule has 6 heteroatoms. The molecule has 0 aliphatic carbocycles. The Morgan fingerprint density at radius 2 is 1.96 bits per heavy atom. The van der Waals surface area contributed by atoms with Gasteiger partial charge in [-0.25, -0.2) is 4.98 Å². The molecule has 1 aliphatic rings. The van der Waals surface area contributed by atoms with E-state index in [1.807, 2.05) is 49.7 Å². The van der Waals surface area contributed by atoms with Gasteiger partial charge in [-0.1, -0.05) is 18.2 Å².